The molecule has 0 amide bonds. The van der Waals surface area contributed by atoms with Gasteiger partial charge in [-0.25, -0.2) is 9.36 Å². The topological polar surface area (TPSA) is 74.2 Å². The van der Waals surface area contributed by atoms with Crippen LogP contribution in [0.1, 0.15) is 5.56 Å². The molecule has 0 aliphatic heterocycles. The van der Waals surface area contributed by atoms with E-state index < -0.39 is 16.9 Å². The summed E-state index contributed by atoms with van der Waals surface area (Å²) in [5, 5.41) is 0.466. The average Bonchev–Trinajstić information content (AvgIpc) is 2.66. The minimum atomic E-state index is -0.753. The van der Waals surface area contributed by atoms with Crippen LogP contribution in [0.4, 0.5) is 0 Å². The summed E-state index contributed by atoms with van der Waals surface area (Å²) in [5.41, 5.74) is 0.564. The molecule has 0 saturated heterocycles. The van der Waals surface area contributed by atoms with Crippen LogP contribution in [0.25, 0.3) is 21.9 Å². The van der Waals surface area contributed by atoms with Crippen molar-refractivity contribution in [2.45, 2.75) is 13.0 Å². The Morgan fingerprint density at radius 1 is 0.885 bits per heavy atom. The van der Waals surface area contributed by atoms with Gasteiger partial charge >= 0.3 is 5.76 Å². The maximum atomic E-state index is 12.9. The molecule has 6 nitrogen and oxygen atoms in total. The monoisotopic (exact) mass is 348 g/mol. The normalized spacial score (nSPS) is 11.3. The fraction of sp³-hybridized carbons (Fsp3) is 0.150. The van der Waals surface area contributed by atoms with Crippen LogP contribution in [0.2, 0.25) is 0 Å². The van der Waals surface area contributed by atoms with E-state index in [1.807, 2.05) is 30.3 Å². The highest BCUT2D eigenvalue weighted by atomic mass is 16.4. The molecular formula is C20H16N2O4. The number of rotatable bonds is 3. The molecule has 4 rings (SSSR count). The second-order valence-corrected chi connectivity index (χ2v) is 6.15. The van der Waals surface area contributed by atoms with Crippen molar-refractivity contribution in [2.75, 3.05) is 0 Å². The Labute approximate surface area is 147 Å². The molecule has 2 heterocycles. The van der Waals surface area contributed by atoms with E-state index in [2.05, 4.69) is 0 Å². The largest absolute Gasteiger partial charge is 0.422 e. The standard InChI is InChI=1S/C20H16N2O4/c1-21-15-10-6-5-9-14(15)17-16(18(21)23)19(24)22(20(25)26-17)12-11-13-7-3-2-4-8-13/h2-10H,11-12H2,1H3. The van der Waals surface area contributed by atoms with Crippen molar-refractivity contribution in [2.24, 2.45) is 7.05 Å². The van der Waals surface area contributed by atoms with Crippen LogP contribution in [-0.2, 0) is 20.0 Å². The number of nitrogens with zero attached hydrogens (tertiary/aromatic N) is 2. The highest BCUT2D eigenvalue weighted by molar-refractivity contribution is 6.01. The number of hydrogen-bond acceptors (Lipinski definition) is 4. The summed E-state index contributed by atoms with van der Waals surface area (Å²) in [4.78, 5) is 38.0. The van der Waals surface area contributed by atoms with Gasteiger partial charge in [-0.15, -0.1) is 0 Å². The Hall–Kier alpha value is -3.41. The lowest BCUT2D eigenvalue weighted by Crippen LogP contribution is -2.37. The first kappa shape index (κ1) is 16.1. The van der Waals surface area contributed by atoms with Gasteiger partial charge in [-0.05, 0) is 24.1 Å². The van der Waals surface area contributed by atoms with Crippen molar-refractivity contribution in [3.8, 4) is 0 Å². The zero-order valence-corrected chi connectivity index (χ0v) is 14.1. The zero-order chi connectivity index (χ0) is 18.3. The molecule has 6 heteroatoms. The number of hydrogen-bond donors (Lipinski definition) is 0. The van der Waals surface area contributed by atoms with Crippen molar-refractivity contribution in [1.82, 2.24) is 9.13 Å². The van der Waals surface area contributed by atoms with E-state index >= 15 is 0 Å². The predicted molar refractivity (Wildman–Crippen MR) is 99.6 cm³/mol. The Kier molecular flexibility index (Phi) is 3.80. The average molecular weight is 348 g/mol. The summed E-state index contributed by atoms with van der Waals surface area (Å²) in [6, 6.07) is 16.5. The van der Waals surface area contributed by atoms with Gasteiger partial charge in [-0.2, -0.15) is 0 Å². The van der Waals surface area contributed by atoms with Crippen molar-refractivity contribution in [3.05, 3.63) is 91.4 Å². The summed E-state index contributed by atoms with van der Waals surface area (Å²) in [6.07, 6.45) is 0.491. The van der Waals surface area contributed by atoms with Crippen LogP contribution in [-0.4, -0.2) is 9.13 Å². The van der Waals surface area contributed by atoms with Gasteiger partial charge in [0.15, 0.2) is 5.58 Å². The maximum Gasteiger partial charge on any atom is 0.422 e. The smallest absolute Gasteiger partial charge is 0.408 e. The fourth-order valence-electron chi connectivity index (χ4n) is 3.20. The summed E-state index contributed by atoms with van der Waals surface area (Å²) in [6.45, 7) is 0.150. The van der Waals surface area contributed by atoms with Gasteiger partial charge in [0.2, 0.25) is 0 Å². The molecular weight excluding hydrogens is 332 g/mol. The lowest BCUT2D eigenvalue weighted by atomic mass is 10.1. The van der Waals surface area contributed by atoms with Gasteiger partial charge in [0.1, 0.15) is 5.39 Å². The number of aryl methyl sites for hydroxylation is 2. The summed E-state index contributed by atoms with van der Waals surface area (Å²) in [7, 11) is 1.60. The fourth-order valence-corrected chi connectivity index (χ4v) is 3.20. The third-order valence-corrected chi connectivity index (χ3v) is 4.59. The molecule has 2 aromatic heterocycles. The third-order valence-electron chi connectivity index (χ3n) is 4.59. The van der Waals surface area contributed by atoms with E-state index in [9.17, 15) is 14.4 Å². The lowest BCUT2D eigenvalue weighted by Gasteiger charge is -2.09. The van der Waals surface area contributed by atoms with Gasteiger partial charge in [0, 0.05) is 19.0 Å². The minimum Gasteiger partial charge on any atom is -0.408 e. The van der Waals surface area contributed by atoms with Crippen LogP contribution < -0.4 is 16.9 Å². The zero-order valence-electron chi connectivity index (χ0n) is 14.1. The molecule has 0 unspecified atom stereocenters. The van der Waals surface area contributed by atoms with Crippen molar-refractivity contribution < 1.29 is 4.42 Å². The Balaban J connectivity index is 1.96. The molecule has 130 valence electrons. The minimum absolute atomic E-state index is 0.0506. The van der Waals surface area contributed by atoms with E-state index in [1.54, 1.807) is 31.3 Å². The van der Waals surface area contributed by atoms with Gasteiger partial charge in [0.05, 0.1) is 5.52 Å². The predicted octanol–water partition coefficient (Wildman–Crippen LogP) is 2.05. The first-order chi connectivity index (χ1) is 12.6. The highest BCUT2D eigenvalue weighted by Gasteiger charge is 2.17. The summed E-state index contributed by atoms with van der Waals surface area (Å²) >= 11 is 0. The van der Waals surface area contributed by atoms with Crippen LogP contribution in [0.15, 0.2) is 73.4 Å². The van der Waals surface area contributed by atoms with Crippen LogP contribution in [0.3, 0.4) is 0 Å². The molecule has 0 saturated carbocycles. The summed E-state index contributed by atoms with van der Waals surface area (Å²) in [5.74, 6) is -0.753. The molecule has 2 aromatic carbocycles. The van der Waals surface area contributed by atoms with Crippen molar-refractivity contribution >= 4 is 21.9 Å². The molecule has 26 heavy (non-hydrogen) atoms. The molecule has 0 N–H and O–H groups in total. The molecule has 0 radical (unpaired) electrons. The highest BCUT2D eigenvalue weighted by Crippen LogP contribution is 2.19. The quantitative estimate of drug-likeness (QED) is 0.531. The molecule has 0 atom stereocenters. The SMILES string of the molecule is Cn1c(=O)c2c(=O)n(CCc3ccccc3)c(=O)oc2c2ccccc21. The molecule has 0 aliphatic rings. The van der Waals surface area contributed by atoms with Crippen molar-refractivity contribution in [1.29, 1.82) is 0 Å². The van der Waals surface area contributed by atoms with E-state index in [0.29, 0.717) is 17.3 Å². The van der Waals surface area contributed by atoms with Crippen LogP contribution in [0.5, 0.6) is 0 Å². The molecule has 4 aromatic rings. The van der Waals surface area contributed by atoms with E-state index in [0.717, 1.165) is 10.1 Å². The third kappa shape index (κ3) is 2.47. The lowest BCUT2D eigenvalue weighted by molar-refractivity contribution is 0.457. The van der Waals surface area contributed by atoms with Gasteiger partial charge in [-0.3, -0.25) is 9.59 Å². The molecule has 0 aliphatic carbocycles. The second-order valence-electron chi connectivity index (χ2n) is 6.15. The Bertz CT molecular complexity index is 1300. The maximum absolute atomic E-state index is 12.9. The molecule has 0 bridgehead atoms. The first-order valence-corrected chi connectivity index (χ1v) is 8.27. The number of aromatic nitrogens is 2. The van der Waals surface area contributed by atoms with Crippen molar-refractivity contribution in [3.63, 3.8) is 0 Å². The molecule has 0 fully saturated rings. The van der Waals surface area contributed by atoms with Gasteiger partial charge in [0.25, 0.3) is 11.1 Å². The second kappa shape index (κ2) is 6.15. The van der Waals surface area contributed by atoms with Crippen LogP contribution in [0, 0.1) is 0 Å². The Morgan fingerprint density at radius 2 is 1.58 bits per heavy atom. The number of fused-ring (bicyclic) bond motifs is 3. The first-order valence-electron chi connectivity index (χ1n) is 8.27. The van der Waals surface area contributed by atoms with Crippen LogP contribution >= 0.6 is 0 Å². The number of pyridine rings is 1. The van der Waals surface area contributed by atoms with E-state index in [4.69, 9.17) is 4.42 Å². The molecule has 0 spiro atoms. The number of para-hydroxylation sites is 1. The number of benzene rings is 2. The van der Waals surface area contributed by atoms with E-state index in [1.165, 1.54) is 4.57 Å². The summed E-state index contributed by atoms with van der Waals surface area (Å²) < 4.78 is 7.80. The van der Waals surface area contributed by atoms with Gasteiger partial charge < -0.3 is 8.98 Å². The van der Waals surface area contributed by atoms with Gasteiger partial charge in [-0.1, -0.05) is 42.5 Å². The van der Waals surface area contributed by atoms with E-state index in [-0.39, 0.29) is 17.5 Å². The Morgan fingerprint density at radius 3 is 2.35 bits per heavy atom.